The van der Waals surface area contributed by atoms with Crippen molar-refractivity contribution >= 4 is 11.0 Å². The monoisotopic (exact) mass is 418 g/mol. The lowest BCUT2D eigenvalue weighted by molar-refractivity contribution is 0.0368. The van der Waals surface area contributed by atoms with Gasteiger partial charge >= 0.3 is 0 Å². The average Bonchev–Trinajstić information content (AvgIpc) is 3.09. The first kappa shape index (κ1) is 20.5. The van der Waals surface area contributed by atoms with E-state index < -0.39 is 22.8 Å². The predicted octanol–water partition coefficient (Wildman–Crippen LogP) is 2.66. The molecule has 0 unspecified atom stereocenters. The summed E-state index contributed by atoms with van der Waals surface area (Å²) in [6.07, 6.45) is 1.32. The summed E-state index contributed by atoms with van der Waals surface area (Å²) in [5.41, 5.74) is 0.224. The lowest BCUT2D eigenvalue weighted by atomic mass is 10.1. The Labute approximate surface area is 171 Å². The fourth-order valence-corrected chi connectivity index (χ4v) is 3.85. The van der Waals surface area contributed by atoms with Crippen LogP contribution in [0.4, 0.5) is 8.78 Å². The topological polar surface area (TPSA) is 83.4 Å². The molecule has 1 aromatic carbocycles. The smallest absolute Gasteiger partial charge is 0.235 e. The van der Waals surface area contributed by atoms with Crippen molar-refractivity contribution in [3.05, 3.63) is 45.8 Å². The van der Waals surface area contributed by atoms with Crippen LogP contribution >= 0.6 is 0 Å². The Morgan fingerprint density at radius 1 is 1.23 bits per heavy atom. The molecule has 0 saturated carbocycles. The zero-order valence-corrected chi connectivity index (χ0v) is 16.8. The second kappa shape index (κ2) is 8.53. The number of fused-ring (bicyclic) bond motifs is 1. The summed E-state index contributed by atoms with van der Waals surface area (Å²) in [7, 11) is 0. The lowest BCUT2D eigenvalue weighted by Crippen LogP contribution is -2.37. The van der Waals surface area contributed by atoms with E-state index in [9.17, 15) is 18.7 Å². The maximum Gasteiger partial charge on any atom is 0.235 e. The molecule has 2 aromatic heterocycles. The van der Waals surface area contributed by atoms with Gasteiger partial charge in [0.25, 0.3) is 0 Å². The number of halogens is 2. The van der Waals surface area contributed by atoms with Gasteiger partial charge in [0.15, 0.2) is 5.75 Å². The van der Waals surface area contributed by atoms with E-state index in [0.29, 0.717) is 35.8 Å². The first-order chi connectivity index (χ1) is 14.5. The third-order valence-electron chi connectivity index (χ3n) is 5.43. The number of hydrogen-bond acceptors (Lipinski definition) is 5. The number of aromatic amines is 1. The maximum atomic E-state index is 14.3. The molecule has 0 aliphatic carbocycles. The molecule has 1 saturated heterocycles. The number of pyridine rings is 1. The Morgan fingerprint density at radius 2 is 2.00 bits per heavy atom. The van der Waals surface area contributed by atoms with Crippen molar-refractivity contribution in [2.45, 2.75) is 26.3 Å². The van der Waals surface area contributed by atoms with Gasteiger partial charge in [-0.2, -0.15) is 5.10 Å². The number of ether oxygens (including phenoxy) is 1. The second-order valence-corrected chi connectivity index (χ2v) is 7.36. The molecular formula is C21H24F2N4O3. The molecule has 0 spiro atoms. The highest BCUT2D eigenvalue weighted by Gasteiger charge is 2.21. The molecule has 30 heavy (non-hydrogen) atoms. The minimum absolute atomic E-state index is 0.0768. The Hall–Kier alpha value is -2.78. The van der Waals surface area contributed by atoms with Gasteiger partial charge in [-0.1, -0.05) is 6.92 Å². The van der Waals surface area contributed by atoms with Gasteiger partial charge < -0.3 is 14.8 Å². The van der Waals surface area contributed by atoms with Gasteiger partial charge in [-0.3, -0.25) is 9.69 Å². The number of benzene rings is 1. The van der Waals surface area contributed by atoms with Crippen molar-refractivity contribution in [1.29, 1.82) is 0 Å². The molecule has 0 atom stereocenters. The number of aryl methyl sites for hydroxylation is 2. The molecule has 2 N–H and O–H groups in total. The van der Waals surface area contributed by atoms with E-state index in [1.807, 2.05) is 6.92 Å². The second-order valence-electron chi connectivity index (χ2n) is 7.36. The van der Waals surface area contributed by atoms with Gasteiger partial charge in [0.1, 0.15) is 17.3 Å². The summed E-state index contributed by atoms with van der Waals surface area (Å²) in [6, 6.07) is 2.99. The first-order valence-corrected chi connectivity index (χ1v) is 10.1. The fourth-order valence-electron chi connectivity index (χ4n) is 3.85. The molecule has 0 radical (unpaired) electrons. The summed E-state index contributed by atoms with van der Waals surface area (Å²) in [6.45, 7) is 6.53. The Kier molecular flexibility index (Phi) is 5.83. The van der Waals surface area contributed by atoms with E-state index >= 15 is 0 Å². The van der Waals surface area contributed by atoms with Crippen molar-refractivity contribution in [3.63, 3.8) is 0 Å². The number of hydrogen-bond donors (Lipinski definition) is 2. The number of aromatic nitrogens is 3. The van der Waals surface area contributed by atoms with E-state index in [2.05, 4.69) is 15.0 Å². The quantitative estimate of drug-likeness (QED) is 0.643. The molecule has 9 heteroatoms. The molecule has 0 amide bonds. The average molecular weight is 418 g/mol. The summed E-state index contributed by atoms with van der Waals surface area (Å²) >= 11 is 0. The molecule has 1 aliphatic heterocycles. The van der Waals surface area contributed by atoms with E-state index in [1.165, 1.54) is 6.07 Å². The van der Waals surface area contributed by atoms with E-state index in [0.717, 1.165) is 45.3 Å². The Balaban J connectivity index is 1.72. The van der Waals surface area contributed by atoms with Gasteiger partial charge in [-0.15, -0.1) is 0 Å². The van der Waals surface area contributed by atoms with Crippen LogP contribution in [0.15, 0.2) is 23.0 Å². The van der Waals surface area contributed by atoms with Gasteiger partial charge in [0.05, 0.1) is 30.0 Å². The number of rotatable bonds is 6. The third kappa shape index (κ3) is 3.82. The van der Waals surface area contributed by atoms with Crippen LogP contribution in [0, 0.1) is 11.6 Å². The van der Waals surface area contributed by atoms with Gasteiger partial charge in [-0.05, 0) is 25.0 Å². The highest BCUT2D eigenvalue weighted by atomic mass is 19.1. The first-order valence-electron chi connectivity index (χ1n) is 10.1. The SMILES string of the molecule is CCc1nn(CCCN2CCOCC2)c2[nH]c(-c3ccc(F)cc3F)c(O)c(=O)c12. The molecule has 4 rings (SSSR count). The van der Waals surface area contributed by atoms with Gasteiger partial charge in [0.2, 0.25) is 5.43 Å². The number of nitrogens with one attached hydrogen (secondary N) is 1. The molecule has 3 aromatic rings. The summed E-state index contributed by atoms with van der Waals surface area (Å²) in [5, 5.41) is 15.3. The molecule has 3 heterocycles. The fraction of sp³-hybridized carbons (Fsp3) is 0.429. The van der Waals surface area contributed by atoms with Crippen LogP contribution < -0.4 is 5.43 Å². The summed E-state index contributed by atoms with van der Waals surface area (Å²) in [5.74, 6) is -2.20. The normalized spacial score (nSPS) is 15.2. The van der Waals surface area contributed by atoms with Crippen molar-refractivity contribution in [1.82, 2.24) is 19.7 Å². The third-order valence-corrected chi connectivity index (χ3v) is 5.43. The number of H-pyrrole nitrogens is 1. The van der Waals surface area contributed by atoms with Crippen LogP contribution in [0.25, 0.3) is 22.3 Å². The Morgan fingerprint density at radius 3 is 2.70 bits per heavy atom. The number of nitrogens with zero attached hydrogens (tertiary/aromatic N) is 3. The zero-order chi connectivity index (χ0) is 21.3. The standard InChI is InChI=1S/C21H24F2N4O3/c1-2-16-17-19(28)20(29)18(14-5-4-13(22)12-15(14)23)24-21(17)27(25-16)7-3-6-26-8-10-30-11-9-26/h4-5,12,29H,2-3,6-11H2,1H3,(H,24,28). The van der Waals surface area contributed by atoms with Crippen LogP contribution in [-0.4, -0.2) is 57.6 Å². The molecule has 7 nitrogen and oxygen atoms in total. The molecular weight excluding hydrogens is 394 g/mol. The van der Waals surface area contributed by atoms with Crippen molar-refractivity contribution in [2.24, 2.45) is 0 Å². The zero-order valence-electron chi connectivity index (χ0n) is 16.8. The lowest BCUT2D eigenvalue weighted by Gasteiger charge is -2.26. The molecule has 160 valence electrons. The van der Waals surface area contributed by atoms with Crippen molar-refractivity contribution in [3.8, 4) is 17.0 Å². The van der Waals surface area contributed by atoms with Crippen LogP contribution in [0.3, 0.4) is 0 Å². The highest BCUT2D eigenvalue weighted by molar-refractivity contribution is 5.84. The van der Waals surface area contributed by atoms with E-state index in [4.69, 9.17) is 4.74 Å². The molecule has 1 aliphatic rings. The van der Waals surface area contributed by atoms with Crippen molar-refractivity contribution < 1.29 is 18.6 Å². The van der Waals surface area contributed by atoms with E-state index in [1.54, 1.807) is 4.68 Å². The highest BCUT2D eigenvalue weighted by Crippen LogP contribution is 2.30. The maximum absolute atomic E-state index is 14.3. The van der Waals surface area contributed by atoms with E-state index in [-0.39, 0.29) is 11.3 Å². The number of aromatic hydroxyl groups is 1. The predicted molar refractivity (Wildman–Crippen MR) is 109 cm³/mol. The number of morpholine rings is 1. The summed E-state index contributed by atoms with van der Waals surface area (Å²) in [4.78, 5) is 18.2. The van der Waals surface area contributed by atoms with Crippen LogP contribution in [0.2, 0.25) is 0 Å². The van der Waals surface area contributed by atoms with Crippen LogP contribution in [0.1, 0.15) is 19.0 Å². The summed E-state index contributed by atoms with van der Waals surface area (Å²) < 4.78 is 34.7. The molecule has 1 fully saturated rings. The Bertz CT molecular complexity index is 1120. The van der Waals surface area contributed by atoms with Gasteiger partial charge in [0, 0.05) is 37.8 Å². The van der Waals surface area contributed by atoms with Crippen LogP contribution in [0.5, 0.6) is 5.75 Å². The minimum atomic E-state index is -0.866. The largest absolute Gasteiger partial charge is 0.503 e. The van der Waals surface area contributed by atoms with Crippen molar-refractivity contribution in [2.75, 3.05) is 32.8 Å². The molecule has 0 bridgehead atoms. The van der Waals surface area contributed by atoms with Crippen LogP contribution in [-0.2, 0) is 17.7 Å². The minimum Gasteiger partial charge on any atom is -0.503 e. The van der Waals surface area contributed by atoms with Gasteiger partial charge in [-0.25, -0.2) is 13.5 Å².